The number of amides is 1. The van der Waals surface area contributed by atoms with E-state index in [0.717, 1.165) is 16.3 Å². The van der Waals surface area contributed by atoms with Crippen LogP contribution in [0.4, 0.5) is 5.69 Å². The Morgan fingerprint density at radius 2 is 1.78 bits per heavy atom. The average Bonchev–Trinajstić information content (AvgIpc) is 3.13. The summed E-state index contributed by atoms with van der Waals surface area (Å²) in [6.07, 6.45) is 0.223. The molecule has 0 bridgehead atoms. The molecule has 0 aliphatic heterocycles. The maximum absolute atomic E-state index is 12.4. The molecule has 0 fully saturated rings. The molecule has 2 aromatic carbocycles. The van der Waals surface area contributed by atoms with Gasteiger partial charge in [0, 0.05) is 22.7 Å². The van der Waals surface area contributed by atoms with Gasteiger partial charge >= 0.3 is 0 Å². The van der Waals surface area contributed by atoms with E-state index in [-0.39, 0.29) is 12.3 Å². The smallest absolute Gasteiger partial charge is 0.230 e. The minimum Gasteiger partial charge on any atom is -0.490 e. The number of hydrogen-bond donors (Lipinski definition) is 1. The molecule has 27 heavy (non-hydrogen) atoms. The molecule has 0 aliphatic rings. The Balaban J connectivity index is 1.66. The van der Waals surface area contributed by atoms with Crippen LogP contribution in [0.15, 0.2) is 53.9 Å². The fourth-order valence-electron chi connectivity index (χ4n) is 2.60. The summed E-state index contributed by atoms with van der Waals surface area (Å²) in [7, 11) is 0. The van der Waals surface area contributed by atoms with Gasteiger partial charge in [-0.25, -0.2) is 4.98 Å². The Labute approximate surface area is 163 Å². The highest BCUT2D eigenvalue weighted by molar-refractivity contribution is 7.13. The summed E-state index contributed by atoms with van der Waals surface area (Å²) in [5, 5.41) is 5.73. The first-order valence-electron chi connectivity index (χ1n) is 8.89. The number of nitrogens with one attached hydrogen (secondary N) is 1. The van der Waals surface area contributed by atoms with E-state index in [1.165, 1.54) is 11.3 Å². The highest BCUT2D eigenvalue weighted by atomic mass is 32.1. The maximum atomic E-state index is 12.4. The standard InChI is InChI=1S/C21H22N2O3S/c1-3-25-18-11-10-16(12-19(18)26-4-2)22-20(24)13-17-14-27-21(23-17)15-8-6-5-7-9-15/h5-12,14H,3-4,13H2,1-2H3,(H,22,24). The van der Waals surface area contributed by atoms with Gasteiger partial charge in [0.25, 0.3) is 0 Å². The quantitative estimate of drug-likeness (QED) is 0.609. The third-order valence-corrected chi connectivity index (χ3v) is 4.68. The van der Waals surface area contributed by atoms with Crippen LogP contribution in [-0.4, -0.2) is 24.1 Å². The van der Waals surface area contributed by atoms with Crippen LogP contribution < -0.4 is 14.8 Å². The summed E-state index contributed by atoms with van der Waals surface area (Å²) in [6.45, 7) is 4.91. The fourth-order valence-corrected chi connectivity index (χ4v) is 3.43. The first kappa shape index (κ1) is 18.9. The Bertz CT molecular complexity index is 893. The molecule has 3 rings (SSSR count). The van der Waals surface area contributed by atoms with Gasteiger partial charge in [-0.1, -0.05) is 30.3 Å². The molecule has 0 atom stereocenters. The highest BCUT2D eigenvalue weighted by Gasteiger charge is 2.11. The van der Waals surface area contributed by atoms with Gasteiger partial charge < -0.3 is 14.8 Å². The lowest BCUT2D eigenvalue weighted by molar-refractivity contribution is -0.115. The Hall–Kier alpha value is -2.86. The molecule has 5 nitrogen and oxygen atoms in total. The molecule has 1 aromatic heterocycles. The third kappa shape index (κ3) is 5.08. The molecule has 0 unspecified atom stereocenters. The summed E-state index contributed by atoms with van der Waals surface area (Å²) < 4.78 is 11.1. The van der Waals surface area contributed by atoms with Crippen LogP contribution in [0.2, 0.25) is 0 Å². The van der Waals surface area contributed by atoms with E-state index in [1.807, 2.05) is 55.6 Å². The lowest BCUT2D eigenvalue weighted by Gasteiger charge is -2.12. The lowest BCUT2D eigenvalue weighted by atomic mass is 10.2. The number of aromatic nitrogens is 1. The van der Waals surface area contributed by atoms with Crippen molar-refractivity contribution in [3.63, 3.8) is 0 Å². The Kier molecular flexibility index (Phi) is 6.44. The molecule has 0 aliphatic carbocycles. The largest absolute Gasteiger partial charge is 0.490 e. The van der Waals surface area contributed by atoms with E-state index >= 15 is 0 Å². The Morgan fingerprint density at radius 1 is 1.04 bits per heavy atom. The normalized spacial score (nSPS) is 10.4. The van der Waals surface area contributed by atoms with Crippen molar-refractivity contribution < 1.29 is 14.3 Å². The summed E-state index contributed by atoms with van der Waals surface area (Å²) >= 11 is 1.54. The number of benzene rings is 2. The van der Waals surface area contributed by atoms with Crippen molar-refractivity contribution in [1.29, 1.82) is 0 Å². The van der Waals surface area contributed by atoms with Crippen LogP contribution in [0.3, 0.4) is 0 Å². The fraction of sp³-hybridized carbons (Fsp3) is 0.238. The van der Waals surface area contributed by atoms with Crippen molar-refractivity contribution in [3.05, 3.63) is 59.6 Å². The summed E-state index contributed by atoms with van der Waals surface area (Å²) in [4.78, 5) is 16.9. The van der Waals surface area contributed by atoms with Crippen LogP contribution in [-0.2, 0) is 11.2 Å². The molecule has 0 radical (unpaired) electrons. The predicted octanol–water partition coefficient (Wildman–Crippen LogP) is 4.79. The van der Waals surface area contributed by atoms with Crippen molar-refractivity contribution in [2.75, 3.05) is 18.5 Å². The van der Waals surface area contributed by atoms with Crippen molar-refractivity contribution >= 4 is 22.9 Å². The molecular formula is C21H22N2O3S. The van der Waals surface area contributed by atoms with Crippen LogP contribution in [0.25, 0.3) is 10.6 Å². The van der Waals surface area contributed by atoms with E-state index in [2.05, 4.69) is 10.3 Å². The molecule has 0 saturated heterocycles. The number of nitrogens with zero attached hydrogens (tertiary/aromatic N) is 1. The number of thiazole rings is 1. The zero-order chi connectivity index (χ0) is 19.1. The number of carbonyl (C=O) groups is 1. The van der Waals surface area contributed by atoms with Gasteiger partial charge in [0.05, 0.1) is 25.3 Å². The van der Waals surface area contributed by atoms with Gasteiger partial charge in [0.2, 0.25) is 5.91 Å². The second kappa shape index (κ2) is 9.19. The Morgan fingerprint density at radius 3 is 2.52 bits per heavy atom. The third-order valence-electron chi connectivity index (χ3n) is 3.74. The van der Waals surface area contributed by atoms with Gasteiger partial charge in [0.15, 0.2) is 11.5 Å². The zero-order valence-corrected chi connectivity index (χ0v) is 16.2. The summed E-state index contributed by atoms with van der Waals surface area (Å²) in [5.41, 5.74) is 2.49. The van der Waals surface area contributed by atoms with Gasteiger partial charge in [-0.3, -0.25) is 4.79 Å². The summed E-state index contributed by atoms with van der Waals surface area (Å²) in [5.74, 6) is 1.17. The second-order valence-corrected chi connectivity index (χ2v) is 6.62. The minimum absolute atomic E-state index is 0.119. The lowest BCUT2D eigenvalue weighted by Crippen LogP contribution is -2.14. The average molecular weight is 382 g/mol. The van der Waals surface area contributed by atoms with Gasteiger partial charge in [0.1, 0.15) is 5.01 Å². The number of anilines is 1. The van der Waals surface area contributed by atoms with E-state index in [1.54, 1.807) is 12.1 Å². The monoisotopic (exact) mass is 382 g/mol. The molecule has 1 heterocycles. The molecule has 1 N–H and O–H groups in total. The van der Waals surface area contributed by atoms with E-state index in [0.29, 0.717) is 30.4 Å². The molecule has 6 heteroatoms. The van der Waals surface area contributed by atoms with Gasteiger partial charge in [-0.2, -0.15) is 0 Å². The van der Waals surface area contributed by atoms with Gasteiger partial charge in [-0.15, -0.1) is 11.3 Å². The minimum atomic E-state index is -0.119. The first-order chi connectivity index (χ1) is 13.2. The molecule has 3 aromatic rings. The molecule has 0 spiro atoms. The van der Waals surface area contributed by atoms with Crippen molar-refractivity contribution in [2.45, 2.75) is 20.3 Å². The van der Waals surface area contributed by atoms with Crippen molar-refractivity contribution in [1.82, 2.24) is 4.98 Å². The SMILES string of the molecule is CCOc1ccc(NC(=O)Cc2csc(-c3ccccc3)n2)cc1OCC. The van der Waals surface area contributed by atoms with E-state index < -0.39 is 0 Å². The predicted molar refractivity (Wildman–Crippen MR) is 109 cm³/mol. The number of ether oxygens (including phenoxy) is 2. The van der Waals surface area contributed by atoms with Crippen LogP contribution in [0.5, 0.6) is 11.5 Å². The number of rotatable bonds is 8. The molecular weight excluding hydrogens is 360 g/mol. The van der Waals surface area contributed by atoms with Crippen molar-refractivity contribution in [2.24, 2.45) is 0 Å². The molecule has 1 amide bonds. The topological polar surface area (TPSA) is 60.5 Å². The number of carbonyl (C=O) groups excluding carboxylic acids is 1. The van der Waals surface area contributed by atoms with Gasteiger partial charge in [-0.05, 0) is 26.0 Å². The van der Waals surface area contributed by atoms with Crippen LogP contribution in [0.1, 0.15) is 19.5 Å². The van der Waals surface area contributed by atoms with E-state index in [4.69, 9.17) is 9.47 Å². The highest BCUT2D eigenvalue weighted by Crippen LogP contribution is 2.31. The first-order valence-corrected chi connectivity index (χ1v) is 9.77. The number of hydrogen-bond acceptors (Lipinski definition) is 5. The zero-order valence-electron chi connectivity index (χ0n) is 15.4. The van der Waals surface area contributed by atoms with Crippen LogP contribution >= 0.6 is 11.3 Å². The van der Waals surface area contributed by atoms with Crippen LogP contribution in [0, 0.1) is 0 Å². The van der Waals surface area contributed by atoms with Crippen molar-refractivity contribution in [3.8, 4) is 22.1 Å². The summed E-state index contributed by atoms with van der Waals surface area (Å²) in [6, 6.07) is 15.3. The maximum Gasteiger partial charge on any atom is 0.230 e. The van der Waals surface area contributed by atoms with E-state index in [9.17, 15) is 4.79 Å². The second-order valence-electron chi connectivity index (χ2n) is 5.76. The molecule has 140 valence electrons. The molecule has 0 saturated carbocycles.